The Balaban J connectivity index is 2.03. The van der Waals surface area contributed by atoms with E-state index in [1.54, 1.807) is 6.20 Å². The van der Waals surface area contributed by atoms with Gasteiger partial charge < -0.3 is 4.98 Å². The fraction of sp³-hybridized carbons (Fsp3) is 0.0714. The molecule has 0 fully saturated rings. The molecule has 0 atom stereocenters. The summed E-state index contributed by atoms with van der Waals surface area (Å²) >= 11 is 6.02. The molecule has 3 rings (SSSR count). The van der Waals surface area contributed by atoms with E-state index in [2.05, 4.69) is 16.0 Å². The molecule has 0 amide bonds. The monoisotopic (exact) mass is 242 g/mol. The van der Waals surface area contributed by atoms with E-state index in [4.69, 9.17) is 11.6 Å². The number of aromatic nitrogens is 2. The van der Waals surface area contributed by atoms with Crippen molar-refractivity contribution in [2.24, 2.45) is 0 Å². The summed E-state index contributed by atoms with van der Waals surface area (Å²) in [5, 5.41) is 1.95. The smallest absolute Gasteiger partial charge is 0.0457 e. The summed E-state index contributed by atoms with van der Waals surface area (Å²) in [6, 6.07) is 9.94. The molecular weight excluding hydrogens is 232 g/mol. The minimum atomic E-state index is 0.768. The van der Waals surface area contributed by atoms with Gasteiger partial charge in [-0.15, -0.1) is 0 Å². The van der Waals surface area contributed by atoms with Crippen LogP contribution in [0.1, 0.15) is 11.1 Å². The molecule has 0 saturated carbocycles. The van der Waals surface area contributed by atoms with Crippen LogP contribution in [0, 0.1) is 0 Å². The van der Waals surface area contributed by atoms with Crippen LogP contribution in [0.5, 0.6) is 0 Å². The second-order valence-electron chi connectivity index (χ2n) is 4.04. The molecule has 0 unspecified atom stereocenters. The lowest BCUT2D eigenvalue weighted by Gasteiger charge is -1.99. The molecule has 1 aromatic carbocycles. The van der Waals surface area contributed by atoms with Crippen LogP contribution in [-0.2, 0) is 6.42 Å². The largest absolute Gasteiger partial charge is 0.361 e. The fourth-order valence-corrected chi connectivity index (χ4v) is 2.19. The Labute approximate surface area is 104 Å². The summed E-state index contributed by atoms with van der Waals surface area (Å²) in [5.41, 5.74) is 3.57. The second-order valence-corrected chi connectivity index (χ2v) is 4.48. The van der Waals surface area contributed by atoms with Crippen LogP contribution in [0.3, 0.4) is 0 Å². The molecule has 0 saturated heterocycles. The molecule has 0 aliphatic heterocycles. The highest BCUT2D eigenvalue weighted by Gasteiger charge is 2.05. The van der Waals surface area contributed by atoms with Gasteiger partial charge in [0.2, 0.25) is 0 Å². The van der Waals surface area contributed by atoms with Gasteiger partial charge in [0, 0.05) is 40.9 Å². The summed E-state index contributed by atoms with van der Waals surface area (Å²) in [6.45, 7) is 0. The number of aromatic amines is 1. The highest BCUT2D eigenvalue weighted by atomic mass is 35.5. The summed E-state index contributed by atoms with van der Waals surface area (Å²) in [7, 11) is 0. The first-order valence-electron chi connectivity index (χ1n) is 5.47. The van der Waals surface area contributed by atoms with Crippen LogP contribution in [0.2, 0.25) is 5.02 Å². The van der Waals surface area contributed by atoms with Crippen LogP contribution in [0.4, 0.5) is 0 Å². The summed E-state index contributed by atoms with van der Waals surface area (Å²) in [4.78, 5) is 7.38. The number of hydrogen-bond acceptors (Lipinski definition) is 1. The topological polar surface area (TPSA) is 28.7 Å². The van der Waals surface area contributed by atoms with Gasteiger partial charge in [0.05, 0.1) is 0 Å². The molecule has 1 N–H and O–H groups in total. The van der Waals surface area contributed by atoms with Crippen LogP contribution in [-0.4, -0.2) is 9.97 Å². The van der Waals surface area contributed by atoms with E-state index in [0.717, 1.165) is 17.0 Å². The third-order valence-electron chi connectivity index (χ3n) is 2.85. The molecule has 2 heterocycles. The van der Waals surface area contributed by atoms with Crippen molar-refractivity contribution in [2.75, 3.05) is 0 Å². The number of hydrogen-bond donors (Lipinski definition) is 1. The maximum Gasteiger partial charge on any atom is 0.0457 e. The van der Waals surface area contributed by atoms with Gasteiger partial charge in [-0.25, -0.2) is 0 Å². The van der Waals surface area contributed by atoms with Gasteiger partial charge >= 0.3 is 0 Å². The third-order valence-corrected chi connectivity index (χ3v) is 3.08. The number of fused-ring (bicyclic) bond motifs is 1. The molecule has 2 aromatic heterocycles. The Hall–Kier alpha value is -1.80. The molecule has 0 radical (unpaired) electrons. The molecule has 17 heavy (non-hydrogen) atoms. The molecule has 0 bridgehead atoms. The summed E-state index contributed by atoms with van der Waals surface area (Å²) in [5.74, 6) is 0. The van der Waals surface area contributed by atoms with Crippen molar-refractivity contribution in [3.8, 4) is 0 Å². The van der Waals surface area contributed by atoms with Crippen LogP contribution in [0.15, 0.2) is 48.9 Å². The van der Waals surface area contributed by atoms with Crippen molar-refractivity contribution < 1.29 is 0 Å². The first-order chi connectivity index (χ1) is 8.33. The van der Waals surface area contributed by atoms with E-state index in [1.165, 1.54) is 16.5 Å². The highest BCUT2D eigenvalue weighted by Crippen LogP contribution is 2.24. The van der Waals surface area contributed by atoms with Gasteiger partial charge in [-0.3, -0.25) is 4.98 Å². The zero-order valence-electron chi connectivity index (χ0n) is 9.15. The lowest BCUT2D eigenvalue weighted by Crippen LogP contribution is -1.87. The number of H-pyrrole nitrogens is 1. The Kier molecular flexibility index (Phi) is 2.57. The van der Waals surface area contributed by atoms with Gasteiger partial charge in [-0.1, -0.05) is 17.7 Å². The fourth-order valence-electron chi connectivity index (χ4n) is 2.02. The predicted octanol–water partition coefficient (Wildman–Crippen LogP) is 3.81. The van der Waals surface area contributed by atoms with Crippen molar-refractivity contribution >= 4 is 22.5 Å². The lowest BCUT2D eigenvalue weighted by atomic mass is 10.1. The minimum absolute atomic E-state index is 0.768. The first-order valence-corrected chi connectivity index (χ1v) is 5.85. The number of nitrogens with one attached hydrogen (secondary N) is 1. The zero-order valence-corrected chi connectivity index (χ0v) is 9.91. The van der Waals surface area contributed by atoms with Gasteiger partial charge in [0.1, 0.15) is 0 Å². The number of nitrogens with zero attached hydrogens (tertiary/aromatic N) is 1. The van der Waals surface area contributed by atoms with Crippen molar-refractivity contribution in [2.45, 2.75) is 6.42 Å². The summed E-state index contributed by atoms with van der Waals surface area (Å²) in [6.07, 6.45) is 6.58. The maximum atomic E-state index is 6.02. The predicted molar refractivity (Wildman–Crippen MR) is 70.4 cm³/mol. The molecule has 0 spiro atoms. The maximum absolute atomic E-state index is 6.02. The number of pyridine rings is 1. The first kappa shape index (κ1) is 10.4. The Morgan fingerprint density at radius 1 is 1.24 bits per heavy atom. The van der Waals surface area contributed by atoms with Crippen molar-refractivity contribution in [1.82, 2.24) is 9.97 Å². The van der Waals surface area contributed by atoms with E-state index in [-0.39, 0.29) is 0 Å². The Bertz CT molecular complexity index is 644. The normalized spacial score (nSPS) is 10.9. The second kappa shape index (κ2) is 4.22. The number of halogens is 1. The number of benzene rings is 1. The molecule has 0 aliphatic carbocycles. The Morgan fingerprint density at radius 2 is 2.18 bits per heavy atom. The number of rotatable bonds is 2. The molecule has 2 nitrogen and oxygen atoms in total. The standard InChI is InChI=1S/C14H11ClN2/c15-12-3-4-14-13(7-12)11(9-17-14)6-10-2-1-5-16-8-10/h1-5,7-9,17H,6H2. The van der Waals surface area contributed by atoms with Crippen molar-refractivity contribution in [1.29, 1.82) is 0 Å². The SMILES string of the molecule is Clc1ccc2[nH]cc(Cc3cccnc3)c2c1. The van der Waals surface area contributed by atoms with Gasteiger partial charge in [-0.2, -0.15) is 0 Å². The van der Waals surface area contributed by atoms with E-state index in [0.29, 0.717) is 0 Å². The van der Waals surface area contributed by atoms with Crippen LogP contribution in [0.25, 0.3) is 10.9 Å². The molecule has 3 heteroatoms. The van der Waals surface area contributed by atoms with E-state index < -0.39 is 0 Å². The lowest BCUT2D eigenvalue weighted by molar-refractivity contribution is 1.15. The quantitative estimate of drug-likeness (QED) is 0.727. The van der Waals surface area contributed by atoms with E-state index in [9.17, 15) is 0 Å². The van der Waals surface area contributed by atoms with Gasteiger partial charge in [0.15, 0.2) is 0 Å². The van der Waals surface area contributed by atoms with Crippen LogP contribution >= 0.6 is 11.6 Å². The van der Waals surface area contributed by atoms with Crippen molar-refractivity contribution in [3.05, 3.63) is 65.1 Å². The molecule has 0 aliphatic rings. The van der Waals surface area contributed by atoms with E-state index in [1.807, 2.05) is 36.7 Å². The van der Waals surface area contributed by atoms with Crippen molar-refractivity contribution in [3.63, 3.8) is 0 Å². The average Bonchev–Trinajstić information content (AvgIpc) is 2.73. The van der Waals surface area contributed by atoms with Crippen LogP contribution < -0.4 is 0 Å². The Morgan fingerprint density at radius 3 is 3.00 bits per heavy atom. The average molecular weight is 243 g/mol. The molecule has 3 aromatic rings. The van der Waals surface area contributed by atoms with E-state index >= 15 is 0 Å². The molecular formula is C14H11ClN2. The highest BCUT2D eigenvalue weighted by molar-refractivity contribution is 6.31. The van der Waals surface area contributed by atoms with Gasteiger partial charge in [0.25, 0.3) is 0 Å². The minimum Gasteiger partial charge on any atom is -0.361 e. The zero-order chi connectivity index (χ0) is 11.7. The summed E-state index contributed by atoms with van der Waals surface area (Å²) < 4.78 is 0. The van der Waals surface area contributed by atoms with Gasteiger partial charge in [-0.05, 0) is 35.4 Å². The third kappa shape index (κ3) is 2.04. The molecule has 84 valence electrons.